The molecule has 0 spiro atoms. The van der Waals surface area contributed by atoms with Crippen LogP contribution in [-0.4, -0.2) is 38.3 Å². The summed E-state index contributed by atoms with van der Waals surface area (Å²) in [5.41, 5.74) is 1.16. The van der Waals surface area contributed by atoms with Crippen molar-refractivity contribution in [1.82, 2.24) is 20.0 Å². The van der Waals surface area contributed by atoms with Crippen molar-refractivity contribution in [3.05, 3.63) is 42.3 Å². The van der Waals surface area contributed by atoms with Crippen LogP contribution >= 0.6 is 0 Å². The first-order valence-electron chi connectivity index (χ1n) is 8.20. The molecule has 9 nitrogen and oxygen atoms in total. The van der Waals surface area contributed by atoms with Gasteiger partial charge < -0.3 is 9.32 Å². The van der Waals surface area contributed by atoms with Crippen molar-refractivity contribution >= 4 is 23.5 Å². The molecule has 138 valence electrons. The van der Waals surface area contributed by atoms with E-state index in [2.05, 4.69) is 20.6 Å². The SMILES string of the molecule is Cn1nccc1-c1nnc(NC(=O)C2CC(=O)N(c3ccc(F)cc3)C2)o1. The van der Waals surface area contributed by atoms with Crippen LogP contribution in [0.4, 0.5) is 16.1 Å². The summed E-state index contributed by atoms with van der Waals surface area (Å²) in [7, 11) is 1.73. The fraction of sp³-hybridized carbons (Fsp3) is 0.235. The smallest absolute Gasteiger partial charge is 0.322 e. The number of aromatic nitrogens is 4. The third-order valence-electron chi connectivity index (χ3n) is 4.33. The molecule has 3 heterocycles. The zero-order valence-electron chi connectivity index (χ0n) is 14.3. The standard InChI is InChI=1S/C17H15FN6O3/c1-23-13(6-7-19-23)16-21-22-17(27-16)20-15(26)10-8-14(25)24(9-10)12-4-2-11(18)3-5-12/h2-7,10H,8-9H2,1H3,(H,20,22,26). The summed E-state index contributed by atoms with van der Waals surface area (Å²) in [5, 5.41) is 14.2. The van der Waals surface area contributed by atoms with Crippen molar-refractivity contribution in [2.24, 2.45) is 13.0 Å². The summed E-state index contributed by atoms with van der Waals surface area (Å²) in [6.07, 6.45) is 1.64. The van der Waals surface area contributed by atoms with Gasteiger partial charge in [-0.3, -0.25) is 19.6 Å². The Hall–Kier alpha value is -3.56. The van der Waals surface area contributed by atoms with E-state index in [9.17, 15) is 14.0 Å². The third kappa shape index (κ3) is 3.28. The van der Waals surface area contributed by atoms with E-state index in [4.69, 9.17) is 4.42 Å². The number of halogens is 1. The van der Waals surface area contributed by atoms with Gasteiger partial charge in [0, 0.05) is 31.9 Å². The van der Waals surface area contributed by atoms with Crippen LogP contribution in [0.5, 0.6) is 0 Å². The maximum Gasteiger partial charge on any atom is 0.322 e. The summed E-state index contributed by atoms with van der Waals surface area (Å²) in [6.45, 7) is 0.193. The van der Waals surface area contributed by atoms with Crippen LogP contribution in [0, 0.1) is 11.7 Å². The fourth-order valence-electron chi connectivity index (χ4n) is 2.92. The van der Waals surface area contributed by atoms with Crippen LogP contribution in [0.2, 0.25) is 0 Å². The summed E-state index contributed by atoms with van der Waals surface area (Å²) >= 11 is 0. The van der Waals surface area contributed by atoms with Crippen LogP contribution < -0.4 is 10.2 Å². The molecule has 0 saturated carbocycles. The first-order valence-corrected chi connectivity index (χ1v) is 8.20. The molecule has 27 heavy (non-hydrogen) atoms. The minimum Gasteiger partial charge on any atom is -0.401 e. The van der Waals surface area contributed by atoms with E-state index in [0.717, 1.165) is 0 Å². The predicted molar refractivity (Wildman–Crippen MR) is 92.0 cm³/mol. The Kier molecular flexibility index (Phi) is 4.15. The number of hydrogen-bond donors (Lipinski definition) is 1. The van der Waals surface area contributed by atoms with E-state index in [1.54, 1.807) is 24.0 Å². The molecular formula is C17H15FN6O3. The second kappa shape index (κ2) is 6.63. The van der Waals surface area contributed by atoms with Gasteiger partial charge in [-0.05, 0) is 30.3 Å². The number of benzene rings is 1. The number of hydrogen-bond acceptors (Lipinski definition) is 6. The molecule has 1 saturated heterocycles. The lowest BCUT2D eigenvalue weighted by molar-refractivity contribution is -0.122. The Morgan fingerprint density at radius 1 is 1.26 bits per heavy atom. The van der Waals surface area contributed by atoms with Crippen molar-refractivity contribution in [2.75, 3.05) is 16.8 Å². The van der Waals surface area contributed by atoms with E-state index in [1.165, 1.54) is 29.2 Å². The fourth-order valence-corrected chi connectivity index (χ4v) is 2.92. The number of aryl methyl sites for hydroxylation is 1. The molecule has 3 aromatic rings. The zero-order chi connectivity index (χ0) is 19.0. The Morgan fingerprint density at radius 2 is 2.04 bits per heavy atom. The van der Waals surface area contributed by atoms with Crippen molar-refractivity contribution < 1.29 is 18.4 Å². The molecule has 1 atom stereocenters. The zero-order valence-corrected chi connectivity index (χ0v) is 14.3. The largest absolute Gasteiger partial charge is 0.401 e. The number of anilines is 2. The van der Waals surface area contributed by atoms with Gasteiger partial charge in [-0.25, -0.2) is 4.39 Å². The molecule has 2 aromatic heterocycles. The lowest BCUT2D eigenvalue weighted by Gasteiger charge is -2.16. The quantitative estimate of drug-likeness (QED) is 0.748. The summed E-state index contributed by atoms with van der Waals surface area (Å²) in [4.78, 5) is 26.1. The molecule has 0 radical (unpaired) electrons. The van der Waals surface area contributed by atoms with Gasteiger partial charge in [0.1, 0.15) is 11.5 Å². The molecule has 1 aromatic carbocycles. The highest BCUT2D eigenvalue weighted by molar-refractivity contribution is 6.02. The summed E-state index contributed by atoms with van der Waals surface area (Å²) in [6, 6.07) is 7.21. The van der Waals surface area contributed by atoms with E-state index < -0.39 is 11.8 Å². The lowest BCUT2D eigenvalue weighted by atomic mass is 10.1. The number of rotatable bonds is 4. The van der Waals surface area contributed by atoms with E-state index >= 15 is 0 Å². The third-order valence-corrected chi connectivity index (χ3v) is 4.33. The molecule has 1 N–H and O–H groups in total. The topological polar surface area (TPSA) is 106 Å². The number of nitrogens with one attached hydrogen (secondary N) is 1. The molecule has 1 unspecified atom stereocenters. The minimum atomic E-state index is -0.574. The van der Waals surface area contributed by atoms with Gasteiger partial charge in [0.05, 0.1) is 5.92 Å². The average Bonchev–Trinajstić information content (AvgIpc) is 3.36. The first-order chi connectivity index (χ1) is 13.0. The predicted octanol–water partition coefficient (Wildman–Crippen LogP) is 1.60. The second-order valence-corrected chi connectivity index (χ2v) is 6.12. The normalized spacial score (nSPS) is 16.7. The van der Waals surface area contributed by atoms with Crippen LogP contribution in [-0.2, 0) is 16.6 Å². The van der Waals surface area contributed by atoms with Crippen LogP contribution in [0.3, 0.4) is 0 Å². The Balaban J connectivity index is 1.43. The monoisotopic (exact) mass is 370 g/mol. The van der Waals surface area contributed by atoms with Gasteiger partial charge >= 0.3 is 6.01 Å². The Morgan fingerprint density at radius 3 is 2.74 bits per heavy atom. The number of amides is 2. The highest BCUT2D eigenvalue weighted by Crippen LogP contribution is 2.26. The highest BCUT2D eigenvalue weighted by atomic mass is 19.1. The van der Waals surface area contributed by atoms with E-state index in [1.807, 2.05) is 0 Å². The summed E-state index contributed by atoms with van der Waals surface area (Å²) < 4.78 is 20.1. The van der Waals surface area contributed by atoms with E-state index in [-0.39, 0.29) is 36.6 Å². The van der Waals surface area contributed by atoms with Crippen molar-refractivity contribution in [2.45, 2.75) is 6.42 Å². The van der Waals surface area contributed by atoms with Crippen molar-refractivity contribution in [1.29, 1.82) is 0 Å². The molecule has 0 bridgehead atoms. The maximum absolute atomic E-state index is 13.1. The Labute approximate surface area is 152 Å². The van der Waals surface area contributed by atoms with Gasteiger partial charge in [-0.1, -0.05) is 5.10 Å². The van der Waals surface area contributed by atoms with Gasteiger partial charge in [0.2, 0.25) is 11.8 Å². The molecule has 1 aliphatic rings. The van der Waals surface area contributed by atoms with Gasteiger partial charge in [-0.2, -0.15) is 5.10 Å². The van der Waals surface area contributed by atoms with Gasteiger partial charge in [-0.15, -0.1) is 5.10 Å². The number of carbonyl (C=O) groups is 2. The van der Waals surface area contributed by atoms with E-state index in [0.29, 0.717) is 11.4 Å². The molecule has 4 rings (SSSR count). The highest BCUT2D eigenvalue weighted by Gasteiger charge is 2.35. The van der Waals surface area contributed by atoms with Crippen molar-refractivity contribution in [3.8, 4) is 11.6 Å². The number of carbonyl (C=O) groups excluding carboxylic acids is 2. The van der Waals surface area contributed by atoms with Gasteiger partial charge in [0.15, 0.2) is 0 Å². The molecule has 0 aliphatic carbocycles. The Bertz CT molecular complexity index is 996. The minimum absolute atomic E-state index is 0.0476. The summed E-state index contributed by atoms with van der Waals surface area (Å²) in [5.74, 6) is -1.34. The lowest BCUT2D eigenvalue weighted by Crippen LogP contribution is -2.28. The molecule has 10 heteroatoms. The molecule has 2 amide bonds. The van der Waals surface area contributed by atoms with Gasteiger partial charge in [0.25, 0.3) is 5.89 Å². The number of nitrogens with zero attached hydrogens (tertiary/aromatic N) is 5. The second-order valence-electron chi connectivity index (χ2n) is 6.12. The molecule has 1 fully saturated rings. The van der Waals surface area contributed by atoms with Crippen LogP contribution in [0.15, 0.2) is 40.9 Å². The van der Waals surface area contributed by atoms with Crippen LogP contribution in [0.1, 0.15) is 6.42 Å². The molecule has 1 aliphatic heterocycles. The first kappa shape index (κ1) is 16.9. The maximum atomic E-state index is 13.1. The van der Waals surface area contributed by atoms with Crippen LogP contribution in [0.25, 0.3) is 11.6 Å². The molecular weight excluding hydrogens is 355 g/mol. The van der Waals surface area contributed by atoms with Crippen molar-refractivity contribution in [3.63, 3.8) is 0 Å². The average molecular weight is 370 g/mol.